The molecule has 1 atom stereocenters. The van der Waals surface area contributed by atoms with Crippen molar-refractivity contribution in [2.45, 2.75) is 65.5 Å². The number of anilines is 2. The van der Waals surface area contributed by atoms with Gasteiger partial charge in [0, 0.05) is 17.3 Å². The molecule has 1 N–H and O–H groups in total. The molecular weight excluding hydrogens is 433 g/mol. The maximum absolute atomic E-state index is 13.7. The molecule has 4 rings (SSSR count). The van der Waals surface area contributed by atoms with Crippen LogP contribution in [-0.2, 0) is 9.59 Å². The summed E-state index contributed by atoms with van der Waals surface area (Å²) in [5, 5.41) is 2.20. The lowest BCUT2D eigenvalue weighted by Gasteiger charge is -2.50. The van der Waals surface area contributed by atoms with E-state index >= 15 is 0 Å². The van der Waals surface area contributed by atoms with Crippen LogP contribution in [0.15, 0.2) is 42.0 Å². The molecule has 0 radical (unpaired) electrons. The van der Waals surface area contributed by atoms with Crippen molar-refractivity contribution in [3.8, 4) is 0 Å². The second kappa shape index (κ2) is 8.38. The van der Waals surface area contributed by atoms with Gasteiger partial charge in [-0.2, -0.15) is 0 Å². The number of nitrogens with one attached hydrogen (secondary N) is 1. The number of benzene rings is 2. The molecule has 6 nitrogen and oxygen atoms in total. The van der Waals surface area contributed by atoms with Crippen LogP contribution < -0.4 is 15.1 Å². The number of aryl methyl sites for hydroxylation is 1. The largest absolute Gasteiger partial charge is 0.364 e. The van der Waals surface area contributed by atoms with Gasteiger partial charge in [0.05, 0.1) is 5.69 Å². The smallest absolute Gasteiger partial charge is 0.335 e. The van der Waals surface area contributed by atoms with E-state index in [2.05, 4.69) is 50.9 Å². The summed E-state index contributed by atoms with van der Waals surface area (Å²) in [5.74, 6) is -1.84. The highest BCUT2D eigenvalue weighted by molar-refractivity contribution is 6.39. The Balaban J connectivity index is 1.79. The van der Waals surface area contributed by atoms with Crippen LogP contribution >= 0.6 is 0 Å². The van der Waals surface area contributed by atoms with E-state index in [1.165, 1.54) is 24.3 Å². The van der Waals surface area contributed by atoms with Gasteiger partial charge in [-0.15, -0.1) is 0 Å². The van der Waals surface area contributed by atoms with Gasteiger partial charge >= 0.3 is 6.03 Å². The summed E-state index contributed by atoms with van der Waals surface area (Å²) in [6, 6.07) is 8.71. The minimum Gasteiger partial charge on any atom is -0.364 e. The number of halogens is 1. The Morgan fingerprint density at radius 2 is 1.85 bits per heavy atom. The maximum atomic E-state index is 13.7. The van der Waals surface area contributed by atoms with Crippen LogP contribution in [-0.4, -0.2) is 29.4 Å². The fourth-order valence-electron chi connectivity index (χ4n) is 5.41. The van der Waals surface area contributed by atoms with Crippen LogP contribution in [0.4, 0.5) is 20.6 Å². The van der Waals surface area contributed by atoms with E-state index in [4.69, 9.17) is 0 Å². The van der Waals surface area contributed by atoms with Crippen LogP contribution in [0.25, 0.3) is 6.08 Å². The summed E-state index contributed by atoms with van der Waals surface area (Å²) < 4.78 is 13.7. The fraction of sp³-hybridized carbons (Fsp3) is 0.370. The third-order valence-electron chi connectivity index (χ3n) is 6.65. The third kappa shape index (κ3) is 4.00. The van der Waals surface area contributed by atoms with Gasteiger partial charge in [-0.1, -0.05) is 13.0 Å². The monoisotopic (exact) mass is 463 g/mol. The highest BCUT2D eigenvalue weighted by Gasteiger charge is 2.39. The van der Waals surface area contributed by atoms with Gasteiger partial charge in [-0.3, -0.25) is 14.9 Å². The first-order valence-corrected chi connectivity index (χ1v) is 11.5. The van der Waals surface area contributed by atoms with E-state index in [0.29, 0.717) is 12.0 Å². The van der Waals surface area contributed by atoms with Gasteiger partial charge in [0.1, 0.15) is 11.4 Å². The number of amides is 4. The van der Waals surface area contributed by atoms with Gasteiger partial charge in [0.2, 0.25) is 0 Å². The Morgan fingerprint density at radius 1 is 1.15 bits per heavy atom. The van der Waals surface area contributed by atoms with Gasteiger partial charge < -0.3 is 4.90 Å². The van der Waals surface area contributed by atoms with Crippen LogP contribution in [0.5, 0.6) is 0 Å². The van der Waals surface area contributed by atoms with Crippen molar-refractivity contribution < 1.29 is 18.8 Å². The molecule has 0 unspecified atom stereocenters. The Bertz CT molecular complexity index is 1230. The molecule has 2 aliphatic rings. The number of urea groups is 1. The van der Waals surface area contributed by atoms with Gasteiger partial charge in [0.15, 0.2) is 0 Å². The second-order valence-corrected chi connectivity index (χ2v) is 10.1. The zero-order chi connectivity index (χ0) is 24.9. The Kier molecular flexibility index (Phi) is 5.84. The molecule has 34 heavy (non-hydrogen) atoms. The minimum atomic E-state index is -0.900. The highest BCUT2D eigenvalue weighted by Crippen LogP contribution is 2.45. The van der Waals surface area contributed by atoms with Gasteiger partial charge in [-0.25, -0.2) is 14.1 Å². The topological polar surface area (TPSA) is 69.7 Å². The zero-order valence-corrected chi connectivity index (χ0v) is 20.4. The standard InChI is InChI=1S/C27H30FN3O3/c1-15(2)31-23-10-16(3)18(11-21(23)17(4)14-27(31,5)6)12-22-24(32)29-26(34)30(25(22)33)20-9-7-8-19(28)13-20/h7-13,15,17H,14H2,1-6H3,(H,29,32,34)/b22-12+/t17-/m1/s1. The predicted molar refractivity (Wildman–Crippen MR) is 131 cm³/mol. The Labute approximate surface area is 199 Å². The molecule has 0 bridgehead atoms. The number of nitrogens with zero attached hydrogens (tertiary/aromatic N) is 2. The van der Waals surface area contributed by atoms with E-state index in [-0.39, 0.29) is 16.8 Å². The van der Waals surface area contributed by atoms with Crippen LogP contribution in [0.1, 0.15) is 63.6 Å². The molecule has 2 heterocycles. The molecule has 1 fully saturated rings. The van der Waals surface area contributed by atoms with Crippen molar-refractivity contribution >= 4 is 35.3 Å². The van der Waals surface area contributed by atoms with Crippen molar-refractivity contribution in [2.75, 3.05) is 9.80 Å². The Morgan fingerprint density at radius 3 is 2.50 bits per heavy atom. The summed E-state index contributed by atoms with van der Waals surface area (Å²) in [4.78, 5) is 41.4. The average Bonchev–Trinajstić information content (AvgIpc) is 2.70. The van der Waals surface area contributed by atoms with Gasteiger partial charge in [-0.05, 0) is 100 Å². The highest BCUT2D eigenvalue weighted by atomic mass is 19.1. The molecule has 2 aliphatic heterocycles. The summed E-state index contributed by atoms with van der Waals surface area (Å²) in [7, 11) is 0. The molecule has 0 saturated carbocycles. The lowest BCUT2D eigenvalue weighted by atomic mass is 9.78. The van der Waals surface area contributed by atoms with Crippen LogP contribution in [0.3, 0.4) is 0 Å². The van der Waals surface area contributed by atoms with Crippen molar-refractivity contribution in [2.24, 2.45) is 0 Å². The number of hydrogen-bond donors (Lipinski definition) is 1. The van der Waals surface area contributed by atoms with Gasteiger partial charge in [0.25, 0.3) is 11.8 Å². The number of carbonyl (C=O) groups excluding carboxylic acids is 3. The van der Waals surface area contributed by atoms with E-state index in [1.54, 1.807) is 0 Å². The van der Waals surface area contributed by atoms with E-state index in [9.17, 15) is 18.8 Å². The predicted octanol–water partition coefficient (Wildman–Crippen LogP) is 5.30. The molecule has 2 aromatic rings. The second-order valence-electron chi connectivity index (χ2n) is 10.1. The molecule has 4 amide bonds. The SMILES string of the molecule is Cc1cc2c(cc1/C=C1\C(=O)NC(=O)N(c3cccc(F)c3)C1=O)[C@H](C)CC(C)(C)N2C(C)C. The Hall–Kier alpha value is -3.48. The molecule has 7 heteroatoms. The van der Waals surface area contributed by atoms with Crippen molar-refractivity contribution in [3.05, 3.63) is 64.5 Å². The summed E-state index contributed by atoms with van der Waals surface area (Å²) in [6.45, 7) is 13.0. The average molecular weight is 464 g/mol. The van der Waals surface area contributed by atoms with Crippen molar-refractivity contribution in [3.63, 3.8) is 0 Å². The number of imide groups is 2. The normalized spacial score (nSPS) is 21.2. The van der Waals surface area contributed by atoms with Crippen LogP contribution in [0.2, 0.25) is 0 Å². The summed E-state index contributed by atoms with van der Waals surface area (Å²) >= 11 is 0. The third-order valence-corrected chi connectivity index (χ3v) is 6.65. The van der Waals surface area contributed by atoms with Crippen LogP contribution in [0, 0.1) is 12.7 Å². The lowest BCUT2D eigenvalue weighted by molar-refractivity contribution is -0.122. The number of hydrogen-bond acceptors (Lipinski definition) is 4. The van der Waals surface area contributed by atoms with E-state index in [1.807, 2.05) is 13.0 Å². The fourth-order valence-corrected chi connectivity index (χ4v) is 5.41. The molecule has 0 spiro atoms. The summed E-state index contributed by atoms with van der Waals surface area (Å²) in [5.41, 5.74) is 3.86. The first-order chi connectivity index (χ1) is 15.9. The molecule has 0 aromatic heterocycles. The lowest BCUT2D eigenvalue weighted by Crippen LogP contribution is -2.54. The van der Waals surface area contributed by atoms with Crippen molar-refractivity contribution in [1.82, 2.24) is 5.32 Å². The maximum Gasteiger partial charge on any atom is 0.335 e. The molecule has 2 aromatic carbocycles. The number of fused-ring (bicyclic) bond motifs is 1. The minimum absolute atomic E-state index is 0.00194. The number of rotatable bonds is 3. The quantitative estimate of drug-likeness (QED) is 0.495. The molecule has 1 saturated heterocycles. The molecule has 0 aliphatic carbocycles. The first-order valence-electron chi connectivity index (χ1n) is 11.5. The van der Waals surface area contributed by atoms with Crippen molar-refractivity contribution in [1.29, 1.82) is 0 Å². The number of barbiturate groups is 1. The molecular formula is C27H30FN3O3. The van der Waals surface area contributed by atoms with E-state index < -0.39 is 23.7 Å². The summed E-state index contributed by atoms with van der Waals surface area (Å²) in [6.07, 6.45) is 2.50. The molecule has 178 valence electrons. The zero-order valence-electron chi connectivity index (χ0n) is 20.4. The van der Waals surface area contributed by atoms with E-state index in [0.717, 1.165) is 39.8 Å². The number of carbonyl (C=O) groups is 3. The first kappa shape index (κ1) is 23.7.